The van der Waals surface area contributed by atoms with E-state index in [0.29, 0.717) is 12.1 Å². The fourth-order valence-corrected chi connectivity index (χ4v) is 4.75. The third-order valence-corrected chi connectivity index (χ3v) is 6.52. The molecule has 0 saturated carbocycles. The van der Waals surface area contributed by atoms with Crippen molar-refractivity contribution in [3.63, 3.8) is 0 Å². The van der Waals surface area contributed by atoms with Crippen LogP contribution in [0.5, 0.6) is 0 Å². The second-order valence-corrected chi connectivity index (χ2v) is 8.73. The predicted molar refractivity (Wildman–Crippen MR) is 128 cm³/mol. The Morgan fingerprint density at radius 1 is 1.09 bits per heavy atom. The van der Waals surface area contributed by atoms with E-state index in [1.807, 2.05) is 66.7 Å². The maximum atomic E-state index is 12.7. The predicted octanol–water partition coefficient (Wildman–Crippen LogP) is 5.02. The van der Waals surface area contributed by atoms with Gasteiger partial charge in [-0.3, -0.25) is 9.59 Å². The molecule has 0 radical (unpaired) electrons. The summed E-state index contributed by atoms with van der Waals surface area (Å²) in [5.41, 5.74) is 6.47. The van der Waals surface area contributed by atoms with Gasteiger partial charge in [-0.05, 0) is 60.0 Å². The number of nitrogens with zero attached hydrogens (tertiary/aromatic N) is 2. The molecular weight excluding hydrogens is 420 g/mol. The number of hydrogen-bond acceptors (Lipinski definition) is 4. The average Bonchev–Trinajstić information content (AvgIpc) is 3.41. The Labute approximate surface area is 190 Å². The standard InChI is InChI=1S/C25H22N4O2S/c1-16(30)29-13-12-19-14-20(10-11-23(19)29)26-24(31)18-8-6-17(7-9-18)15-32-25-27-21-4-2-3-5-22(21)28-25/h2-11,14H,12-13,15H2,1H3,(H,26,31)(H,27,28). The molecule has 1 aliphatic rings. The van der Waals surface area contributed by atoms with Crippen molar-refractivity contribution in [2.24, 2.45) is 0 Å². The van der Waals surface area contributed by atoms with Crippen molar-refractivity contribution in [2.45, 2.75) is 24.3 Å². The van der Waals surface area contributed by atoms with Gasteiger partial charge in [0.05, 0.1) is 11.0 Å². The number of para-hydroxylation sites is 2. The first-order valence-electron chi connectivity index (χ1n) is 10.5. The van der Waals surface area contributed by atoms with Gasteiger partial charge in [0, 0.05) is 36.2 Å². The van der Waals surface area contributed by atoms with E-state index in [4.69, 9.17) is 0 Å². The zero-order chi connectivity index (χ0) is 22.1. The Kier molecular flexibility index (Phi) is 5.41. The Bertz CT molecular complexity index is 1280. The number of aromatic amines is 1. The van der Waals surface area contributed by atoms with Gasteiger partial charge in [0.25, 0.3) is 5.91 Å². The summed E-state index contributed by atoms with van der Waals surface area (Å²) in [6, 6.07) is 21.3. The number of rotatable bonds is 5. The first kappa shape index (κ1) is 20.3. The van der Waals surface area contributed by atoms with Crippen molar-refractivity contribution in [1.82, 2.24) is 9.97 Å². The van der Waals surface area contributed by atoms with Crippen LogP contribution in [0, 0.1) is 0 Å². The monoisotopic (exact) mass is 442 g/mol. The van der Waals surface area contributed by atoms with Gasteiger partial charge in [0.15, 0.2) is 5.16 Å². The molecule has 0 unspecified atom stereocenters. The van der Waals surface area contributed by atoms with Crippen LogP contribution in [0.25, 0.3) is 11.0 Å². The number of anilines is 2. The minimum atomic E-state index is -0.150. The van der Waals surface area contributed by atoms with Crippen LogP contribution in [-0.4, -0.2) is 28.3 Å². The van der Waals surface area contributed by atoms with E-state index in [2.05, 4.69) is 15.3 Å². The van der Waals surface area contributed by atoms with Gasteiger partial charge in [-0.25, -0.2) is 4.98 Å². The lowest BCUT2D eigenvalue weighted by atomic mass is 10.1. The molecule has 0 aliphatic carbocycles. The molecule has 4 aromatic rings. The largest absolute Gasteiger partial charge is 0.333 e. The smallest absolute Gasteiger partial charge is 0.255 e. The first-order chi connectivity index (χ1) is 15.6. The summed E-state index contributed by atoms with van der Waals surface area (Å²) in [6.07, 6.45) is 0.802. The Balaban J connectivity index is 1.21. The molecule has 2 N–H and O–H groups in total. The number of imidazole rings is 1. The van der Waals surface area contributed by atoms with Crippen LogP contribution in [0.15, 0.2) is 71.9 Å². The highest BCUT2D eigenvalue weighted by molar-refractivity contribution is 7.98. The Morgan fingerprint density at radius 3 is 2.69 bits per heavy atom. The van der Waals surface area contributed by atoms with Crippen molar-refractivity contribution >= 4 is 46.0 Å². The number of aromatic nitrogens is 2. The van der Waals surface area contributed by atoms with Crippen molar-refractivity contribution in [1.29, 1.82) is 0 Å². The maximum absolute atomic E-state index is 12.7. The molecule has 1 aromatic heterocycles. The van der Waals surface area contributed by atoms with E-state index in [-0.39, 0.29) is 11.8 Å². The van der Waals surface area contributed by atoms with Crippen LogP contribution >= 0.6 is 11.8 Å². The van der Waals surface area contributed by atoms with Gasteiger partial charge in [-0.2, -0.15) is 0 Å². The lowest BCUT2D eigenvalue weighted by Crippen LogP contribution is -2.25. The number of benzene rings is 3. The number of fused-ring (bicyclic) bond motifs is 2. The van der Waals surface area contributed by atoms with E-state index >= 15 is 0 Å². The second-order valence-electron chi connectivity index (χ2n) is 7.76. The number of carbonyl (C=O) groups excluding carboxylic acids is 2. The number of hydrogen-bond donors (Lipinski definition) is 2. The average molecular weight is 443 g/mol. The van der Waals surface area contributed by atoms with Crippen LogP contribution in [0.2, 0.25) is 0 Å². The number of H-pyrrole nitrogens is 1. The van der Waals surface area contributed by atoms with Gasteiger partial charge in [0.2, 0.25) is 5.91 Å². The molecule has 32 heavy (non-hydrogen) atoms. The van der Waals surface area contributed by atoms with Crippen molar-refractivity contribution < 1.29 is 9.59 Å². The van der Waals surface area contributed by atoms with Crippen LogP contribution in [0.4, 0.5) is 11.4 Å². The molecule has 2 heterocycles. The Morgan fingerprint density at radius 2 is 1.91 bits per heavy atom. The lowest BCUT2D eigenvalue weighted by Gasteiger charge is -2.15. The van der Waals surface area contributed by atoms with Gasteiger partial charge < -0.3 is 15.2 Å². The summed E-state index contributed by atoms with van der Waals surface area (Å²) in [5, 5.41) is 3.84. The fraction of sp³-hybridized carbons (Fsp3) is 0.160. The third kappa shape index (κ3) is 4.11. The third-order valence-electron chi connectivity index (χ3n) is 5.57. The van der Waals surface area contributed by atoms with E-state index in [1.54, 1.807) is 23.6 Å². The summed E-state index contributed by atoms with van der Waals surface area (Å²) < 4.78 is 0. The highest BCUT2D eigenvalue weighted by atomic mass is 32.2. The van der Waals surface area contributed by atoms with E-state index in [9.17, 15) is 9.59 Å². The molecule has 2 amide bonds. The second kappa shape index (κ2) is 8.51. The first-order valence-corrected chi connectivity index (χ1v) is 11.4. The van der Waals surface area contributed by atoms with Crippen LogP contribution in [-0.2, 0) is 17.0 Å². The molecular formula is C25H22N4O2S. The summed E-state index contributed by atoms with van der Waals surface area (Å²) in [6.45, 7) is 2.26. The van der Waals surface area contributed by atoms with Gasteiger partial charge >= 0.3 is 0 Å². The number of amides is 2. The zero-order valence-electron chi connectivity index (χ0n) is 17.6. The molecule has 6 nitrogen and oxygen atoms in total. The molecule has 0 spiro atoms. The van der Waals surface area contributed by atoms with Crippen molar-refractivity contribution in [2.75, 3.05) is 16.8 Å². The molecule has 0 fully saturated rings. The minimum absolute atomic E-state index is 0.0408. The Hall–Kier alpha value is -3.58. The van der Waals surface area contributed by atoms with Crippen molar-refractivity contribution in [3.8, 4) is 0 Å². The number of thioether (sulfide) groups is 1. The number of nitrogens with one attached hydrogen (secondary N) is 2. The van der Waals surface area contributed by atoms with Crippen LogP contribution < -0.4 is 10.2 Å². The number of carbonyl (C=O) groups is 2. The topological polar surface area (TPSA) is 78.1 Å². The molecule has 7 heteroatoms. The van der Waals surface area contributed by atoms with Crippen LogP contribution in [0.3, 0.4) is 0 Å². The maximum Gasteiger partial charge on any atom is 0.255 e. The quantitative estimate of drug-likeness (QED) is 0.426. The van der Waals surface area contributed by atoms with E-state index < -0.39 is 0 Å². The van der Waals surface area contributed by atoms with Crippen LogP contribution in [0.1, 0.15) is 28.4 Å². The van der Waals surface area contributed by atoms with Gasteiger partial charge in [-0.15, -0.1) is 0 Å². The highest BCUT2D eigenvalue weighted by Gasteiger charge is 2.22. The molecule has 0 saturated heterocycles. The molecule has 3 aromatic carbocycles. The van der Waals surface area contributed by atoms with Gasteiger partial charge in [0.1, 0.15) is 0 Å². The minimum Gasteiger partial charge on any atom is -0.333 e. The molecule has 0 atom stereocenters. The molecule has 160 valence electrons. The lowest BCUT2D eigenvalue weighted by molar-refractivity contribution is -0.116. The molecule has 5 rings (SSSR count). The normalized spacial score (nSPS) is 12.7. The van der Waals surface area contributed by atoms with E-state index in [1.165, 1.54) is 0 Å². The highest BCUT2D eigenvalue weighted by Crippen LogP contribution is 2.30. The molecule has 0 bridgehead atoms. The van der Waals surface area contributed by atoms with E-state index in [0.717, 1.165) is 50.9 Å². The van der Waals surface area contributed by atoms with Crippen molar-refractivity contribution in [3.05, 3.63) is 83.4 Å². The fourth-order valence-electron chi connectivity index (χ4n) is 3.91. The SMILES string of the molecule is CC(=O)N1CCc2cc(NC(=O)c3ccc(CSc4nc5ccccc5[nH]4)cc3)ccc21. The molecule has 1 aliphatic heterocycles. The summed E-state index contributed by atoms with van der Waals surface area (Å²) in [5.74, 6) is 0.654. The summed E-state index contributed by atoms with van der Waals surface area (Å²) in [7, 11) is 0. The summed E-state index contributed by atoms with van der Waals surface area (Å²) in [4.78, 5) is 34.0. The summed E-state index contributed by atoms with van der Waals surface area (Å²) >= 11 is 1.63. The zero-order valence-corrected chi connectivity index (χ0v) is 18.4. The van der Waals surface area contributed by atoms with Gasteiger partial charge in [-0.1, -0.05) is 36.0 Å².